The topological polar surface area (TPSA) is 0 Å². The molecule has 1 radical (unpaired) electrons. The molecule has 0 aliphatic heterocycles. The fourth-order valence-corrected chi connectivity index (χ4v) is 0.830. The van der Waals surface area contributed by atoms with Crippen LogP contribution < -0.4 is 0 Å². The third kappa shape index (κ3) is 4.79. The number of alkyl halides is 1. The van der Waals surface area contributed by atoms with Gasteiger partial charge in [0.1, 0.15) is 0 Å². The minimum Gasteiger partial charge on any atom is -0.126 e. The molecule has 0 aromatic heterocycles. The highest BCUT2D eigenvalue weighted by Gasteiger charge is 1.96. The smallest absolute Gasteiger partial charge is 0.0249 e. The first-order chi connectivity index (χ1) is 3.81. The molecule has 0 aliphatic rings. The van der Waals surface area contributed by atoms with Crippen molar-refractivity contribution in [1.82, 2.24) is 0 Å². The second kappa shape index (κ2) is 5.77. The quantitative estimate of drug-likeness (QED) is 0.543. The molecule has 1 atom stereocenters. The second-order valence-electron chi connectivity index (χ2n) is 2.11. The highest BCUT2D eigenvalue weighted by molar-refractivity contribution is 7.80. The van der Waals surface area contributed by atoms with Gasteiger partial charge in [0.05, 0.1) is 0 Å². The van der Waals surface area contributed by atoms with E-state index in [1.54, 1.807) is 0 Å². The van der Waals surface area contributed by atoms with Gasteiger partial charge >= 0.3 is 0 Å². The normalized spacial score (nSPS) is 13.9. The standard InChI is InChI=1S/C6H12ClS/c1-6(5-7)3-2-4-8/h6H,2-5H2,1H3. The molecular formula is C6H12ClS. The van der Waals surface area contributed by atoms with Crippen molar-refractivity contribution in [3.8, 4) is 0 Å². The zero-order valence-corrected chi connectivity index (χ0v) is 6.76. The van der Waals surface area contributed by atoms with Crippen LogP contribution in [0.1, 0.15) is 19.8 Å². The molecule has 0 aliphatic carbocycles. The first-order valence-electron chi connectivity index (χ1n) is 2.95. The van der Waals surface area contributed by atoms with Crippen molar-refractivity contribution in [3.63, 3.8) is 0 Å². The van der Waals surface area contributed by atoms with E-state index in [4.69, 9.17) is 24.2 Å². The average Bonchev–Trinajstić information content (AvgIpc) is 1.83. The van der Waals surface area contributed by atoms with Gasteiger partial charge in [0, 0.05) is 11.6 Å². The van der Waals surface area contributed by atoms with Gasteiger partial charge in [0.2, 0.25) is 0 Å². The minimum atomic E-state index is 0.652. The molecule has 0 nitrogen and oxygen atoms in total. The Kier molecular flexibility index (Phi) is 6.23. The molecule has 1 unspecified atom stereocenters. The van der Waals surface area contributed by atoms with Crippen LogP contribution in [0.3, 0.4) is 0 Å². The van der Waals surface area contributed by atoms with Crippen LogP contribution in [-0.4, -0.2) is 11.6 Å². The van der Waals surface area contributed by atoms with E-state index in [1.165, 1.54) is 6.42 Å². The number of rotatable bonds is 4. The molecule has 2 heteroatoms. The van der Waals surface area contributed by atoms with Gasteiger partial charge in [0.25, 0.3) is 0 Å². The average molecular weight is 152 g/mol. The summed E-state index contributed by atoms with van der Waals surface area (Å²) in [6.07, 6.45) is 2.33. The number of hydrogen-bond acceptors (Lipinski definition) is 0. The predicted molar refractivity (Wildman–Crippen MR) is 41.6 cm³/mol. The molecular weight excluding hydrogens is 140 g/mol. The molecule has 8 heavy (non-hydrogen) atoms. The van der Waals surface area contributed by atoms with E-state index in [9.17, 15) is 0 Å². The minimum absolute atomic E-state index is 0.652. The van der Waals surface area contributed by atoms with Crippen molar-refractivity contribution < 1.29 is 0 Å². The summed E-state index contributed by atoms with van der Waals surface area (Å²) in [5.41, 5.74) is 0. The molecule has 0 spiro atoms. The monoisotopic (exact) mass is 151 g/mol. The van der Waals surface area contributed by atoms with E-state index in [1.807, 2.05) is 0 Å². The van der Waals surface area contributed by atoms with Gasteiger partial charge in [-0.25, -0.2) is 0 Å². The summed E-state index contributed by atoms with van der Waals surface area (Å²) >= 11 is 10.3. The van der Waals surface area contributed by atoms with Gasteiger partial charge in [-0.2, -0.15) is 0 Å². The lowest BCUT2D eigenvalue weighted by Gasteiger charge is -2.02. The Balaban J connectivity index is 2.86. The molecule has 49 valence electrons. The third-order valence-corrected chi connectivity index (χ3v) is 1.92. The maximum absolute atomic E-state index is 5.55. The van der Waals surface area contributed by atoms with E-state index >= 15 is 0 Å². The van der Waals surface area contributed by atoms with Gasteiger partial charge in [-0.05, 0) is 18.8 Å². The van der Waals surface area contributed by atoms with Crippen molar-refractivity contribution >= 4 is 24.2 Å². The van der Waals surface area contributed by atoms with Crippen LogP contribution in [0.15, 0.2) is 0 Å². The summed E-state index contributed by atoms with van der Waals surface area (Å²) in [5, 5.41) is 0. The fourth-order valence-electron chi connectivity index (χ4n) is 0.509. The summed E-state index contributed by atoms with van der Waals surface area (Å²) in [6.45, 7) is 2.15. The first kappa shape index (κ1) is 8.64. The van der Waals surface area contributed by atoms with E-state index in [0.717, 1.165) is 18.1 Å². The summed E-state index contributed by atoms with van der Waals surface area (Å²) in [7, 11) is 0. The molecule has 0 N–H and O–H groups in total. The Morgan fingerprint density at radius 1 is 1.62 bits per heavy atom. The zero-order chi connectivity index (χ0) is 6.41. The molecule has 0 fully saturated rings. The van der Waals surface area contributed by atoms with Gasteiger partial charge < -0.3 is 0 Å². The molecule has 0 aromatic carbocycles. The Morgan fingerprint density at radius 3 is 2.62 bits per heavy atom. The van der Waals surface area contributed by atoms with E-state index in [2.05, 4.69) is 6.92 Å². The van der Waals surface area contributed by atoms with Crippen molar-refractivity contribution in [1.29, 1.82) is 0 Å². The van der Waals surface area contributed by atoms with Crippen molar-refractivity contribution in [2.24, 2.45) is 5.92 Å². The van der Waals surface area contributed by atoms with E-state index < -0.39 is 0 Å². The number of halogens is 1. The van der Waals surface area contributed by atoms with Crippen molar-refractivity contribution in [2.45, 2.75) is 19.8 Å². The highest BCUT2D eigenvalue weighted by atomic mass is 35.5. The lowest BCUT2D eigenvalue weighted by atomic mass is 10.1. The maximum atomic E-state index is 5.55. The van der Waals surface area contributed by atoms with Crippen molar-refractivity contribution in [3.05, 3.63) is 0 Å². The van der Waals surface area contributed by atoms with Gasteiger partial charge in [0.15, 0.2) is 0 Å². The van der Waals surface area contributed by atoms with E-state index in [-0.39, 0.29) is 0 Å². The Morgan fingerprint density at radius 2 is 2.25 bits per heavy atom. The second-order valence-corrected chi connectivity index (χ2v) is 2.82. The van der Waals surface area contributed by atoms with Gasteiger partial charge in [-0.3, -0.25) is 0 Å². The molecule has 0 amide bonds. The van der Waals surface area contributed by atoms with Crippen LogP contribution in [-0.2, 0) is 0 Å². The molecule has 0 heterocycles. The van der Waals surface area contributed by atoms with Crippen LogP contribution in [0, 0.1) is 5.92 Å². The van der Waals surface area contributed by atoms with Crippen LogP contribution in [0.5, 0.6) is 0 Å². The predicted octanol–water partition coefficient (Wildman–Crippen LogP) is 2.84. The lowest BCUT2D eigenvalue weighted by Crippen LogP contribution is -1.95. The highest BCUT2D eigenvalue weighted by Crippen LogP contribution is 2.06. The summed E-state index contributed by atoms with van der Waals surface area (Å²) < 4.78 is 0. The van der Waals surface area contributed by atoms with Crippen LogP contribution in [0.4, 0.5) is 0 Å². The summed E-state index contributed by atoms with van der Waals surface area (Å²) in [6, 6.07) is 0. The summed E-state index contributed by atoms with van der Waals surface area (Å²) in [4.78, 5) is 0. The first-order valence-corrected chi connectivity index (χ1v) is 4.06. The van der Waals surface area contributed by atoms with Crippen LogP contribution >= 0.6 is 24.2 Å². The fraction of sp³-hybridized carbons (Fsp3) is 1.00. The third-order valence-electron chi connectivity index (χ3n) is 1.10. The SMILES string of the molecule is CC(CCl)CCC[S]. The Bertz CT molecular complexity index is 47.8. The van der Waals surface area contributed by atoms with Crippen molar-refractivity contribution in [2.75, 3.05) is 11.6 Å². The molecule has 0 saturated heterocycles. The Hall–Kier alpha value is 0.640. The maximum Gasteiger partial charge on any atom is 0.0249 e. The summed E-state index contributed by atoms with van der Waals surface area (Å²) in [5.74, 6) is 2.30. The zero-order valence-electron chi connectivity index (χ0n) is 5.19. The van der Waals surface area contributed by atoms with Gasteiger partial charge in [-0.15, -0.1) is 11.6 Å². The molecule has 0 bridgehead atoms. The largest absolute Gasteiger partial charge is 0.126 e. The lowest BCUT2D eigenvalue weighted by molar-refractivity contribution is 0.585. The number of hydrogen-bond donors (Lipinski definition) is 0. The molecule has 0 aromatic rings. The van der Waals surface area contributed by atoms with Crippen LogP contribution in [0.2, 0.25) is 0 Å². The molecule has 0 rings (SSSR count). The van der Waals surface area contributed by atoms with Crippen LogP contribution in [0.25, 0.3) is 0 Å². The molecule has 0 saturated carbocycles. The van der Waals surface area contributed by atoms with E-state index in [0.29, 0.717) is 5.92 Å². The van der Waals surface area contributed by atoms with Gasteiger partial charge in [-0.1, -0.05) is 19.6 Å². The Labute approximate surface area is 62.0 Å².